The first-order chi connectivity index (χ1) is 15.8. The predicted octanol–water partition coefficient (Wildman–Crippen LogP) is 2.90. The SMILES string of the molecule is O=C(COC(=O)c1ccc(S(=O)(=O)N2CCCCCC2)cc1)NC(=O)Nc1ccccc1F. The summed E-state index contributed by atoms with van der Waals surface area (Å²) in [5.41, 5.74) is -0.0663. The molecular formula is C22H24FN3O6S. The van der Waals surface area contributed by atoms with E-state index in [2.05, 4.69) is 5.32 Å². The van der Waals surface area contributed by atoms with Crippen molar-refractivity contribution in [1.29, 1.82) is 0 Å². The summed E-state index contributed by atoms with van der Waals surface area (Å²) in [5.74, 6) is -2.45. The molecule has 3 rings (SSSR count). The van der Waals surface area contributed by atoms with Crippen LogP contribution in [0.2, 0.25) is 0 Å². The molecule has 1 heterocycles. The number of esters is 1. The van der Waals surface area contributed by atoms with Crippen molar-refractivity contribution in [3.8, 4) is 0 Å². The van der Waals surface area contributed by atoms with Crippen LogP contribution in [0, 0.1) is 5.82 Å². The van der Waals surface area contributed by atoms with Gasteiger partial charge in [-0.1, -0.05) is 25.0 Å². The Morgan fingerprint density at radius 1 is 0.939 bits per heavy atom. The molecule has 33 heavy (non-hydrogen) atoms. The quantitative estimate of drug-likeness (QED) is 0.617. The van der Waals surface area contributed by atoms with Gasteiger partial charge < -0.3 is 10.1 Å². The molecule has 0 unspecified atom stereocenters. The number of carbonyl (C=O) groups excluding carboxylic acids is 3. The van der Waals surface area contributed by atoms with Gasteiger partial charge in [0.15, 0.2) is 6.61 Å². The molecule has 0 bridgehead atoms. The Balaban J connectivity index is 1.51. The highest BCUT2D eigenvalue weighted by Crippen LogP contribution is 2.21. The predicted molar refractivity (Wildman–Crippen MR) is 118 cm³/mol. The van der Waals surface area contributed by atoms with Crippen LogP contribution < -0.4 is 10.6 Å². The van der Waals surface area contributed by atoms with E-state index in [4.69, 9.17) is 4.74 Å². The Morgan fingerprint density at radius 2 is 1.58 bits per heavy atom. The molecule has 1 saturated heterocycles. The fourth-order valence-corrected chi connectivity index (χ4v) is 4.80. The summed E-state index contributed by atoms with van der Waals surface area (Å²) in [4.78, 5) is 35.8. The normalized spacial score (nSPS) is 14.7. The van der Waals surface area contributed by atoms with Gasteiger partial charge in [0, 0.05) is 13.1 Å². The number of para-hydroxylation sites is 1. The van der Waals surface area contributed by atoms with Crippen molar-refractivity contribution in [2.75, 3.05) is 25.0 Å². The molecule has 1 aliphatic heterocycles. The number of nitrogens with one attached hydrogen (secondary N) is 2. The molecular weight excluding hydrogens is 453 g/mol. The van der Waals surface area contributed by atoms with Crippen molar-refractivity contribution < 1.29 is 31.9 Å². The number of imide groups is 1. The lowest BCUT2D eigenvalue weighted by atomic mass is 10.2. The second kappa shape index (κ2) is 11.0. The summed E-state index contributed by atoms with van der Waals surface area (Å²) in [6, 6.07) is 9.67. The molecule has 0 spiro atoms. The number of rotatable bonds is 6. The molecule has 0 atom stereocenters. The molecule has 2 N–H and O–H groups in total. The number of ether oxygens (including phenoxy) is 1. The average Bonchev–Trinajstić information content (AvgIpc) is 3.09. The molecule has 11 heteroatoms. The molecule has 0 saturated carbocycles. The van der Waals surface area contributed by atoms with E-state index in [-0.39, 0.29) is 16.1 Å². The van der Waals surface area contributed by atoms with Crippen LogP contribution in [0.3, 0.4) is 0 Å². The first-order valence-corrected chi connectivity index (χ1v) is 11.8. The molecule has 9 nitrogen and oxygen atoms in total. The topological polar surface area (TPSA) is 122 Å². The minimum atomic E-state index is -3.65. The van der Waals surface area contributed by atoms with Gasteiger partial charge >= 0.3 is 12.0 Å². The van der Waals surface area contributed by atoms with Gasteiger partial charge in [-0.05, 0) is 49.2 Å². The Morgan fingerprint density at radius 3 is 2.21 bits per heavy atom. The van der Waals surface area contributed by atoms with Crippen molar-refractivity contribution in [2.24, 2.45) is 0 Å². The highest BCUT2D eigenvalue weighted by molar-refractivity contribution is 7.89. The maximum Gasteiger partial charge on any atom is 0.338 e. The van der Waals surface area contributed by atoms with Crippen molar-refractivity contribution in [2.45, 2.75) is 30.6 Å². The smallest absolute Gasteiger partial charge is 0.338 e. The van der Waals surface area contributed by atoms with Crippen LogP contribution in [0.25, 0.3) is 0 Å². The summed E-state index contributed by atoms with van der Waals surface area (Å²) in [6.07, 6.45) is 3.61. The van der Waals surface area contributed by atoms with Crippen molar-refractivity contribution in [1.82, 2.24) is 9.62 Å². The average molecular weight is 478 g/mol. The van der Waals surface area contributed by atoms with Gasteiger partial charge in [0.05, 0.1) is 16.1 Å². The molecule has 0 aromatic heterocycles. The zero-order valence-electron chi connectivity index (χ0n) is 17.8. The zero-order chi connectivity index (χ0) is 23.8. The van der Waals surface area contributed by atoms with E-state index in [0.717, 1.165) is 31.7 Å². The monoisotopic (exact) mass is 477 g/mol. The van der Waals surface area contributed by atoms with Crippen LogP contribution in [-0.4, -0.2) is 50.3 Å². The van der Waals surface area contributed by atoms with Crippen LogP contribution >= 0.6 is 0 Å². The van der Waals surface area contributed by atoms with Crippen LogP contribution in [0.4, 0.5) is 14.9 Å². The number of nitrogens with zero attached hydrogens (tertiary/aromatic N) is 1. The van der Waals surface area contributed by atoms with E-state index in [9.17, 15) is 27.2 Å². The van der Waals surface area contributed by atoms with Gasteiger partial charge in [-0.25, -0.2) is 22.4 Å². The number of hydrogen-bond acceptors (Lipinski definition) is 6. The number of anilines is 1. The second-order valence-corrected chi connectivity index (χ2v) is 9.34. The van der Waals surface area contributed by atoms with Gasteiger partial charge in [0.25, 0.3) is 5.91 Å². The number of carbonyl (C=O) groups is 3. The highest BCUT2D eigenvalue weighted by Gasteiger charge is 2.25. The Bertz CT molecular complexity index is 1110. The fraction of sp³-hybridized carbons (Fsp3) is 0.318. The number of urea groups is 1. The van der Waals surface area contributed by atoms with E-state index in [0.29, 0.717) is 13.1 Å². The largest absolute Gasteiger partial charge is 0.452 e. The fourth-order valence-electron chi connectivity index (χ4n) is 3.29. The van der Waals surface area contributed by atoms with E-state index >= 15 is 0 Å². The lowest BCUT2D eigenvalue weighted by Gasteiger charge is -2.19. The maximum absolute atomic E-state index is 13.5. The van der Waals surface area contributed by atoms with Crippen molar-refractivity contribution in [3.05, 3.63) is 59.9 Å². The first-order valence-electron chi connectivity index (χ1n) is 10.4. The number of halogens is 1. The van der Waals surface area contributed by atoms with Crippen LogP contribution in [0.1, 0.15) is 36.0 Å². The lowest BCUT2D eigenvalue weighted by Crippen LogP contribution is -2.37. The first kappa shape index (κ1) is 24.3. The number of benzene rings is 2. The second-order valence-electron chi connectivity index (χ2n) is 7.40. The molecule has 1 fully saturated rings. The molecule has 3 amide bonds. The van der Waals surface area contributed by atoms with E-state index in [1.807, 2.05) is 5.32 Å². The van der Waals surface area contributed by atoms with Crippen LogP contribution in [0.15, 0.2) is 53.4 Å². The van der Waals surface area contributed by atoms with Crippen molar-refractivity contribution in [3.63, 3.8) is 0 Å². The summed E-state index contributed by atoms with van der Waals surface area (Å²) in [7, 11) is -3.65. The summed E-state index contributed by atoms with van der Waals surface area (Å²) < 4.78 is 45.4. The van der Waals surface area contributed by atoms with Crippen LogP contribution in [-0.2, 0) is 19.6 Å². The number of hydrogen-bond donors (Lipinski definition) is 2. The van der Waals surface area contributed by atoms with Gasteiger partial charge in [0.2, 0.25) is 10.0 Å². The van der Waals surface area contributed by atoms with Gasteiger partial charge in [0.1, 0.15) is 5.82 Å². The van der Waals surface area contributed by atoms with E-state index in [1.165, 1.54) is 46.8 Å². The molecule has 0 aliphatic carbocycles. The van der Waals surface area contributed by atoms with Gasteiger partial charge in [-0.15, -0.1) is 0 Å². The third kappa shape index (κ3) is 6.59. The minimum absolute atomic E-state index is 0.0495. The molecule has 176 valence electrons. The summed E-state index contributed by atoms with van der Waals surface area (Å²) in [6.45, 7) is 0.175. The summed E-state index contributed by atoms with van der Waals surface area (Å²) >= 11 is 0. The van der Waals surface area contributed by atoms with Crippen molar-refractivity contribution >= 4 is 33.6 Å². The molecule has 2 aromatic rings. The molecule has 2 aromatic carbocycles. The van der Waals surface area contributed by atoms with Crippen LogP contribution in [0.5, 0.6) is 0 Å². The Hall–Kier alpha value is -3.31. The van der Waals surface area contributed by atoms with E-state index in [1.54, 1.807) is 0 Å². The highest BCUT2D eigenvalue weighted by atomic mass is 32.2. The standard InChI is InChI=1S/C22H24FN3O6S/c23-18-7-3-4-8-19(18)24-22(29)25-20(27)15-32-21(28)16-9-11-17(12-10-16)33(30,31)26-13-5-1-2-6-14-26/h3-4,7-12H,1-2,5-6,13-15H2,(H2,24,25,27,29). The third-order valence-corrected chi connectivity index (χ3v) is 6.92. The lowest BCUT2D eigenvalue weighted by molar-refractivity contribution is -0.123. The Kier molecular flexibility index (Phi) is 8.12. The molecule has 0 radical (unpaired) electrons. The van der Waals surface area contributed by atoms with Gasteiger partial charge in [-0.3, -0.25) is 10.1 Å². The number of amides is 3. The number of sulfonamides is 1. The van der Waals surface area contributed by atoms with Gasteiger partial charge in [-0.2, -0.15) is 4.31 Å². The maximum atomic E-state index is 13.5. The Labute approximate surface area is 191 Å². The molecule has 1 aliphatic rings. The summed E-state index contributed by atoms with van der Waals surface area (Å²) in [5, 5.41) is 4.08. The minimum Gasteiger partial charge on any atom is -0.452 e. The zero-order valence-corrected chi connectivity index (χ0v) is 18.6. The van der Waals surface area contributed by atoms with E-state index < -0.39 is 40.4 Å². The third-order valence-electron chi connectivity index (χ3n) is 5.00.